The molecular formula is C13H12ClOPS. The summed E-state index contributed by atoms with van der Waals surface area (Å²) in [5, 5.41) is -0.376. The quantitative estimate of drug-likeness (QED) is 0.799. The average Bonchev–Trinajstić information content (AvgIpc) is 2.39. The minimum absolute atomic E-state index is 0.759. The Morgan fingerprint density at radius 3 is 2.24 bits per heavy atom. The fourth-order valence-electron chi connectivity index (χ4n) is 1.63. The fourth-order valence-corrected chi connectivity index (χ4v) is 4.76. The topological polar surface area (TPSA) is 9.23 Å². The molecule has 0 aliphatic rings. The maximum absolute atomic E-state index is 6.62. The lowest BCUT2D eigenvalue weighted by molar-refractivity contribution is 0.418. The summed E-state index contributed by atoms with van der Waals surface area (Å²) in [6, 6.07) is 17.5. The van der Waals surface area contributed by atoms with Crippen molar-refractivity contribution in [3.05, 3.63) is 54.6 Å². The second-order valence-corrected chi connectivity index (χ2v) is 9.37. The van der Waals surface area contributed by atoms with Crippen molar-refractivity contribution in [2.24, 2.45) is 0 Å². The second-order valence-electron chi connectivity index (χ2n) is 3.54. The molecule has 0 bridgehead atoms. The van der Waals surface area contributed by atoms with Crippen LogP contribution in [0.1, 0.15) is 0 Å². The van der Waals surface area contributed by atoms with Gasteiger partial charge in [0.05, 0.1) is 12.5 Å². The van der Waals surface area contributed by atoms with Crippen LogP contribution >= 0.6 is 16.6 Å². The lowest BCUT2D eigenvalue weighted by Crippen LogP contribution is -2.13. The molecule has 2 aromatic carbocycles. The van der Waals surface area contributed by atoms with Crippen LogP contribution in [-0.2, 0) is 11.8 Å². The molecule has 0 saturated carbocycles. The minimum Gasteiger partial charge on any atom is -0.496 e. The third kappa shape index (κ3) is 2.55. The first kappa shape index (κ1) is 12.6. The van der Waals surface area contributed by atoms with E-state index in [2.05, 4.69) is 0 Å². The molecule has 0 radical (unpaired) electrons. The molecular weight excluding hydrogens is 271 g/mol. The molecule has 1 unspecified atom stereocenters. The first-order chi connectivity index (χ1) is 8.16. The van der Waals surface area contributed by atoms with Crippen LogP contribution in [0.3, 0.4) is 0 Å². The van der Waals surface area contributed by atoms with Gasteiger partial charge in [0.2, 0.25) is 0 Å². The van der Waals surface area contributed by atoms with Gasteiger partial charge in [0.1, 0.15) is 5.75 Å². The van der Waals surface area contributed by atoms with Gasteiger partial charge in [-0.15, -0.1) is 0 Å². The maximum Gasteiger partial charge on any atom is 0.128 e. The first-order valence-corrected chi connectivity index (χ1v) is 8.86. The third-order valence-electron chi connectivity index (χ3n) is 2.48. The lowest BCUT2D eigenvalue weighted by Gasteiger charge is -2.17. The molecule has 0 amide bonds. The molecule has 0 aliphatic heterocycles. The number of benzene rings is 2. The van der Waals surface area contributed by atoms with Crippen LogP contribution in [-0.4, -0.2) is 7.11 Å². The van der Waals surface area contributed by atoms with Gasteiger partial charge in [-0.05, 0) is 12.1 Å². The molecule has 0 aromatic heterocycles. The van der Waals surface area contributed by atoms with Crippen molar-refractivity contribution < 1.29 is 4.74 Å². The van der Waals surface area contributed by atoms with E-state index >= 15 is 0 Å². The van der Waals surface area contributed by atoms with Gasteiger partial charge < -0.3 is 4.74 Å². The van der Waals surface area contributed by atoms with E-state index in [9.17, 15) is 0 Å². The summed E-state index contributed by atoms with van der Waals surface area (Å²) < 4.78 is 5.33. The van der Waals surface area contributed by atoms with Crippen LogP contribution in [0.2, 0.25) is 0 Å². The molecule has 2 aromatic rings. The SMILES string of the molecule is COc1ccccc1P(=S)(Cl)c1ccccc1. The van der Waals surface area contributed by atoms with Gasteiger partial charge in [-0.25, -0.2) is 0 Å². The molecule has 0 aliphatic carbocycles. The number of halogens is 1. The van der Waals surface area contributed by atoms with Gasteiger partial charge in [0.25, 0.3) is 0 Å². The van der Waals surface area contributed by atoms with Crippen molar-refractivity contribution in [3.8, 4) is 5.75 Å². The number of hydrogen-bond donors (Lipinski definition) is 0. The van der Waals surface area contributed by atoms with E-state index in [0.29, 0.717) is 0 Å². The smallest absolute Gasteiger partial charge is 0.128 e. The van der Waals surface area contributed by atoms with Crippen molar-refractivity contribution in [2.45, 2.75) is 0 Å². The van der Waals surface area contributed by atoms with Crippen LogP contribution in [0.5, 0.6) is 5.75 Å². The molecule has 0 heterocycles. The highest BCUT2D eigenvalue weighted by molar-refractivity contribution is 8.34. The highest BCUT2D eigenvalue weighted by atomic mass is 35.7. The summed E-state index contributed by atoms with van der Waals surface area (Å²) >= 11 is 12.2. The van der Waals surface area contributed by atoms with Gasteiger partial charge in [-0.3, -0.25) is 0 Å². The summed E-state index contributed by atoms with van der Waals surface area (Å²) in [7, 11) is 1.63. The van der Waals surface area contributed by atoms with E-state index in [1.54, 1.807) is 7.11 Å². The van der Waals surface area contributed by atoms with Crippen molar-refractivity contribution in [3.63, 3.8) is 0 Å². The molecule has 2 rings (SSSR count). The average molecular weight is 283 g/mol. The zero-order valence-corrected chi connectivity index (χ0v) is 11.8. The number of ether oxygens (including phenoxy) is 1. The first-order valence-electron chi connectivity index (χ1n) is 5.15. The largest absolute Gasteiger partial charge is 0.496 e. The van der Waals surface area contributed by atoms with E-state index < -0.39 is 5.39 Å². The highest BCUT2D eigenvalue weighted by Gasteiger charge is 2.22. The minimum atomic E-state index is -2.27. The highest BCUT2D eigenvalue weighted by Crippen LogP contribution is 2.51. The van der Waals surface area contributed by atoms with E-state index in [1.807, 2.05) is 54.6 Å². The van der Waals surface area contributed by atoms with Crippen molar-refractivity contribution >= 4 is 39.0 Å². The predicted octanol–water partition coefficient (Wildman–Crippen LogP) is 3.28. The number of para-hydroxylation sites is 1. The Hall–Kier alpha value is -0.820. The molecule has 17 heavy (non-hydrogen) atoms. The molecule has 88 valence electrons. The Bertz CT molecular complexity index is 556. The number of methoxy groups -OCH3 is 1. The van der Waals surface area contributed by atoms with E-state index in [1.165, 1.54) is 0 Å². The van der Waals surface area contributed by atoms with E-state index in [0.717, 1.165) is 16.4 Å². The Kier molecular flexibility index (Phi) is 3.88. The van der Waals surface area contributed by atoms with Crippen LogP contribution in [0, 0.1) is 0 Å². The summed E-state index contributed by atoms with van der Waals surface area (Å²) in [6.07, 6.45) is 0. The van der Waals surface area contributed by atoms with Gasteiger partial charge in [-0.1, -0.05) is 65.5 Å². The summed E-state index contributed by atoms with van der Waals surface area (Å²) in [4.78, 5) is 0. The van der Waals surface area contributed by atoms with E-state index in [4.69, 9.17) is 27.8 Å². The van der Waals surface area contributed by atoms with Gasteiger partial charge in [-0.2, -0.15) is 0 Å². The lowest BCUT2D eigenvalue weighted by atomic mass is 10.3. The standard InChI is InChI=1S/C13H12ClOPS/c1-15-12-9-5-6-10-13(12)16(14,17)11-7-3-2-4-8-11/h2-10H,1H3. The Labute approximate surface area is 111 Å². The molecule has 1 nitrogen and oxygen atoms in total. The molecule has 4 heteroatoms. The van der Waals surface area contributed by atoms with Gasteiger partial charge >= 0.3 is 0 Å². The predicted molar refractivity (Wildman–Crippen MR) is 78.8 cm³/mol. The molecule has 0 spiro atoms. The van der Waals surface area contributed by atoms with Gasteiger partial charge in [0, 0.05) is 10.6 Å². The second kappa shape index (κ2) is 5.22. The summed E-state index contributed by atoms with van der Waals surface area (Å²) in [5.74, 6) is 0.759. The fraction of sp³-hybridized carbons (Fsp3) is 0.0769. The van der Waals surface area contributed by atoms with Crippen LogP contribution in [0.4, 0.5) is 0 Å². The summed E-state index contributed by atoms with van der Waals surface area (Å²) in [5.41, 5.74) is 0. The van der Waals surface area contributed by atoms with Crippen LogP contribution in [0.25, 0.3) is 0 Å². The Morgan fingerprint density at radius 2 is 1.59 bits per heavy atom. The zero-order valence-electron chi connectivity index (χ0n) is 9.34. The normalized spacial score (nSPS) is 14.0. The molecule has 0 N–H and O–H groups in total. The molecule has 0 fully saturated rings. The van der Waals surface area contributed by atoms with E-state index in [-0.39, 0.29) is 0 Å². The Balaban J connectivity index is 2.56. The van der Waals surface area contributed by atoms with Crippen LogP contribution in [0.15, 0.2) is 54.6 Å². The maximum atomic E-state index is 6.62. The van der Waals surface area contributed by atoms with Crippen molar-refractivity contribution in [1.29, 1.82) is 0 Å². The Morgan fingerprint density at radius 1 is 1.00 bits per heavy atom. The van der Waals surface area contributed by atoms with Gasteiger partial charge in [0.15, 0.2) is 0 Å². The summed E-state index contributed by atoms with van der Waals surface area (Å²) in [6.45, 7) is 0. The number of hydrogen-bond acceptors (Lipinski definition) is 2. The third-order valence-corrected chi connectivity index (χ3v) is 6.79. The van der Waals surface area contributed by atoms with Crippen molar-refractivity contribution in [2.75, 3.05) is 7.11 Å². The molecule has 1 atom stereocenters. The zero-order chi connectivity index (χ0) is 12.3. The van der Waals surface area contributed by atoms with Crippen LogP contribution < -0.4 is 15.3 Å². The number of rotatable bonds is 3. The molecule has 0 saturated heterocycles. The monoisotopic (exact) mass is 282 g/mol. The van der Waals surface area contributed by atoms with Crippen molar-refractivity contribution in [1.82, 2.24) is 0 Å².